The van der Waals surface area contributed by atoms with Gasteiger partial charge in [-0.25, -0.2) is 12.8 Å². The Labute approximate surface area is 151 Å². The summed E-state index contributed by atoms with van der Waals surface area (Å²) in [5, 5.41) is 2.94. The van der Waals surface area contributed by atoms with Crippen LogP contribution < -0.4 is 5.32 Å². The van der Waals surface area contributed by atoms with Crippen molar-refractivity contribution in [1.29, 1.82) is 0 Å². The number of rotatable bonds is 7. The Hall–Kier alpha value is -1.96. The van der Waals surface area contributed by atoms with E-state index < -0.39 is 28.3 Å². The second kappa shape index (κ2) is 8.42. The SMILES string of the molecule is CS(=O)(=O)N(CCc1cccc(Cl)c1)CC(=O)Nc1ccccc1F. The third-order valence-electron chi connectivity index (χ3n) is 3.48. The first-order valence-electron chi connectivity index (χ1n) is 7.49. The van der Waals surface area contributed by atoms with Gasteiger partial charge < -0.3 is 5.32 Å². The largest absolute Gasteiger partial charge is 0.322 e. The van der Waals surface area contributed by atoms with Crippen LogP contribution in [0.2, 0.25) is 5.02 Å². The number of amides is 1. The van der Waals surface area contributed by atoms with E-state index in [0.717, 1.165) is 16.1 Å². The highest BCUT2D eigenvalue weighted by atomic mass is 35.5. The number of nitrogens with zero attached hydrogens (tertiary/aromatic N) is 1. The zero-order valence-corrected chi connectivity index (χ0v) is 15.1. The molecule has 2 aromatic rings. The molecule has 0 heterocycles. The third kappa shape index (κ3) is 6.12. The summed E-state index contributed by atoms with van der Waals surface area (Å²) in [4.78, 5) is 12.1. The lowest BCUT2D eigenvalue weighted by molar-refractivity contribution is -0.116. The predicted molar refractivity (Wildman–Crippen MR) is 96.6 cm³/mol. The van der Waals surface area contributed by atoms with Gasteiger partial charge in [0.25, 0.3) is 0 Å². The number of para-hydroxylation sites is 1. The van der Waals surface area contributed by atoms with Gasteiger partial charge in [0.1, 0.15) is 5.82 Å². The average Bonchev–Trinajstić information content (AvgIpc) is 2.52. The van der Waals surface area contributed by atoms with E-state index >= 15 is 0 Å². The zero-order chi connectivity index (χ0) is 18.4. The van der Waals surface area contributed by atoms with E-state index in [-0.39, 0.29) is 12.2 Å². The van der Waals surface area contributed by atoms with Crippen molar-refractivity contribution in [3.8, 4) is 0 Å². The van der Waals surface area contributed by atoms with Crippen LogP contribution in [-0.4, -0.2) is 38.0 Å². The maximum Gasteiger partial charge on any atom is 0.239 e. The number of nitrogens with one attached hydrogen (secondary N) is 1. The lowest BCUT2D eigenvalue weighted by Gasteiger charge is -2.19. The number of benzene rings is 2. The topological polar surface area (TPSA) is 66.5 Å². The molecule has 0 atom stereocenters. The van der Waals surface area contributed by atoms with Gasteiger partial charge >= 0.3 is 0 Å². The van der Waals surface area contributed by atoms with Gasteiger partial charge in [-0.2, -0.15) is 4.31 Å². The van der Waals surface area contributed by atoms with Gasteiger partial charge in [0.2, 0.25) is 15.9 Å². The summed E-state index contributed by atoms with van der Waals surface area (Å²) in [6.45, 7) is -0.280. The van der Waals surface area contributed by atoms with Gasteiger partial charge in [0.15, 0.2) is 0 Å². The van der Waals surface area contributed by atoms with Crippen molar-refractivity contribution in [3.63, 3.8) is 0 Å². The summed E-state index contributed by atoms with van der Waals surface area (Å²) in [6.07, 6.45) is 1.43. The second-order valence-electron chi connectivity index (χ2n) is 5.50. The number of hydrogen-bond acceptors (Lipinski definition) is 3. The monoisotopic (exact) mass is 384 g/mol. The maximum atomic E-state index is 13.6. The summed E-state index contributed by atoms with van der Waals surface area (Å²) < 4.78 is 38.5. The smallest absolute Gasteiger partial charge is 0.239 e. The molecule has 2 aromatic carbocycles. The van der Waals surface area contributed by atoms with Gasteiger partial charge in [-0.05, 0) is 36.2 Å². The molecule has 0 radical (unpaired) electrons. The van der Waals surface area contributed by atoms with Crippen LogP contribution in [0.15, 0.2) is 48.5 Å². The Kier molecular flexibility index (Phi) is 6.52. The number of halogens is 2. The lowest BCUT2D eigenvalue weighted by atomic mass is 10.1. The first-order valence-corrected chi connectivity index (χ1v) is 9.72. The molecule has 0 bridgehead atoms. The quantitative estimate of drug-likeness (QED) is 0.798. The average molecular weight is 385 g/mol. The van der Waals surface area contributed by atoms with Crippen LogP contribution in [0.1, 0.15) is 5.56 Å². The van der Waals surface area contributed by atoms with E-state index in [1.54, 1.807) is 24.3 Å². The predicted octanol–water partition coefficient (Wildman–Crippen LogP) is 2.92. The lowest BCUT2D eigenvalue weighted by Crippen LogP contribution is -2.38. The molecular formula is C17H18ClFN2O3S. The Morgan fingerprint density at radius 2 is 1.92 bits per heavy atom. The van der Waals surface area contributed by atoms with Crippen molar-refractivity contribution in [2.75, 3.05) is 24.7 Å². The molecule has 1 amide bonds. The van der Waals surface area contributed by atoms with Crippen LogP contribution in [0.5, 0.6) is 0 Å². The number of sulfonamides is 1. The minimum atomic E-state index is -3.60. The van der Waals surface area contributed by atoms with Gasteiger partial charge in [0, 0.05) is 11.6 Å². The molecule has 5 nitrogen and oxygen atoms in total. The molecule has 0 spiro atoms. The molecule has 2 rings (SSSR count). The Balaban J connectivity index is 2.03. The van der Waals surface area contributed by atoms with Crippen molar-refractivity contribution in [2.24, 2.45) is 0 Å². The van der Waals surface area contributed by atoms with Crippen molar-refractivity contribution in [3.05, 3.63) is 64.9 Å². The van der Waals surface area contributed by atoms with Crippen LogP contribution in [0.4, 0.5) is 10.1 Å². The van der Waals surface area contributed by atoms with E-state index in [9.17, 15) is 17.6 Å². The Bertz CT molecular complexity index is 858. The van der Waals surface area contributed by atoms with Gasteiger partial charge in [-0.3, -0.25) is 4.79 Å². The maximum absolute atomic E-state index is 13.6. The number of anilines is 1. The minimum Gasteiger partial charge on any atom is -0.322 e. The highest BCUT2D eigenvalue weighted by molar-refractivity contribution is 7.88. The van der Waals surface area contributed by atoms with Crippen molar-refractivity contribution < 1.29 is 17.6 Å². The molecular weight excluding hydrogens is 367 g/mol. The van der Waals surface area contributed by atoms with Crippen LogP contribution in [0.25, 0.3) is 0 Å². The van der Waals surface area contributed by atoms with Gasteiger partial charge in [0.05, 0.1) is 18.5 Å². The van der Waals surface area contributed by atoms with Gasteiger partial charge in [-0.15, -0.1) is 0 Å². The van der Waals surface area contributed by atoms with Crippen molar-refractivity contribution >= 4 is 33.2 Å². The molecule has 0 aliphatic rings. The van der Waals surface area contributed by atoms with Crippen LogP contribution >= 0.6 is 11.6 Å². The summed E-state index contributed by atoms with van der Waals surface area (Å²) in [5.41, 5.74) is 0.867. The number of hydrogen-bond donors (Lipinski definition) is 1. The molecule has 0 fully saturated rings. The van der Waals surface area contributed by atoms with Crippen LogP contribution in [-0.2, 0) is 21.2 Å². The standard InChI is InChI=1S/C17H18ClFN2O3S/c1-25(23,24)21(10-9-13-5-4-6-14(18)11-13)12-17(22)20-16-8-3-2-7-15(16)19/h2-8,11H,9-10,12H2,1H3,(H,20,22). The molecule has 0 saturated carbocycles. The van der Waals surface area contributed by atoms with Crippen molar-refractivity contribution in [2.45, 2.75) is 6.42 Å². The minimum absolute atomic E-state index is 0.00999. The first kappa shape index (κ1) is 19.4. The Morgan fingerprint density at radius 1 is 1.20 bits per heavy atom. The molecule has 1 N–H and O–H groups in total. The summed E-state index contributed by atoms with van der Waals surface area (Å²) >= 11 is 5.91. The summed E-state index contributed by atoms with van der Waals surface area (Å²) in [5.74, 6) is -1.19. The molecule has 0 aliphatic heterocycles. The van der Waals surface area contributed by atoms with E-state index in [1.807, 2.05) is 6.07 Å². The summed E-state index contributed by atoms with van der Waals surface area (Å²) in [6, 6.07) is 12.7. The normalized spacial score (nSPS) is 11.5. The fraction of sp³-hybridized carbons (Fsp3) is 0.235. The molecule has 25 heavy (non-hydrogen) atoms. The van der Waals surface area contributed by atoms with E-state index in [2.05, 4.69) is 5.32 Å². The first-order chi connectivity index (χ1) is 11.8. The summed E-state index contributed by atoms with van der Waals surface area (Å²) in [7, 11) is -3.60. The molecule has 0 saturated heterocycles. The van der Waals surface area contributed by atoms with E-state index in [0.29, 0.717) is 11.4 Å². The van der Waals surface area contributed by atoms with Crippen LogP contribution in [0.3, 0.4) is 0 Å². The highest BCUT2D eigenvalue weighted by Gasteiger charge is 2.20. The molecule has 0 aliphatic carbocycles. The Morgan fingerprint density at radius 3 is 2.56 bits per heavy atom. The molecule has 8 heteroatoms. The second-order valence-corrected chi connectivity index (χ2v) is 7.92. The van der Waals surface area contributed by atoms with Crippen molar-refractivity contribution in [1.82, 2.24) is 4.31 Å². The van der Waals surface area contributed by atoms with Crippen LogP contribution in [0, 0.1) is 5.82 Å². The zero-order valence-electron chi connectivity index (χ0n) is 13.6. The molecule has 134 valence electrons. The van der Waals surface area contributed by atoms with E-state index in [4.69, 9.17) is 11.6 Å². The fourth-order valence-corrected chi connectivity index (χ4v) is 3.21. The fourth-order valence-electron chi connectivity index (χ4n) is 2.22. The van der Waals surface area contributed by atoms with E-state index in [1.165, 1.54) is 18.2 Å². The number of carbonyl (C=O) groups is 1. The molecule has 0 unspecified atom stereocenters. The number of carbonyl (C=O) groups excluding carboxylic acids is 1. The molecule has 0 aromatic heterocycles. The van der Waals surface area contributed by atoms with Gasteiger partial charge in [-0.1, -0.05) is 35.9 Å². The highest BCUT2D eigenvalue weighted by Crippen LogP contribution is 2.14. The third-order valence-corrected chi connectivity index (χ3v) is 4.96.